The van der Waals surface area contributed by atoms with Crippen LogP contribution in [0.25, 0.3) is 11.3 Å². The molecule has 2 aromatic heterocycles. The third-order valence-corrected chi connectivity index (χ3v) is 5.56. The van der Waals surface area contributed by atoms with Crippen LogP contribution in [0.15, 0.2) is 48.8 Å². The summed E-state index contributed by atoms with van der Waals surface area (Å²) in [7, 11) is 0. The van der Waals surface area contributed by atoms with E-state index < -0.39 is 0 Å². The van der Waals surface area contributed by atoms with Crippen molar-refractivity contribution in [1.29, 1.82) is 0 Å². The number of H-pyrrole nitrogens is 1. The van der Waals surface area contributed by atoms with Crippen LogP contribution in [0.1, 0.15) is 40.9 Å². The predicted molar refractivity (Wildman–Crippen MR) is 101 cm³/mol. The van der Waals surface area contributed by atoms with E-state index in [1.54, 1.807) is 6.20 Å². The number of fused-ring (bicyclic) bond motifs is 1. The minimum atomic E-state index is 0.139. The van der Waals surface area contributed by atoms with Gasteiger partial charge in [-0.25, -0.2) is 0 Å². The van der Waals surface area contributed by atoms with Gasteiger partial charge in [0.2, 0.25) is 0 Å². The maximum Gasteiger partial charge on any atom is 0.254 e. The van der Waals surface area contributed by atoms with Gasteiger partial charge in [0.15, 0.2) is 0 Å². The third kappa shape index (κ3) is 3.12. The van der Waals surface area contributed by atoms with Crippen molar-refractivity contribution in [3.63, 3.8) is 0 Å². The first kappa shape index (κ1) is 16.2. The predicted octanol–water partition coefficient (Wildman–Crippen LogP) is 3.03. The van der Waals surface area contributed by atoms with E-state index in [4.69, 9.17) is 0 Å². The van der Waals surface area contributed by atoms with Crippen LogP contribution in [-0.2, 0) is 12.8 Å². The molecular formula is C21H21N5O. The summed E-state index contributed by atoms with van der Waals surface area (Å²) in [6, 6.07) is 12.2. The van der Waals surface area contributed by atoms with Gasteiger partial charge in [0.05, 0.1) is 11.9 Å². The molecule has 1 fully saturated rings. The zero-order valence-electron chi connectivity index (χ0n) is 15.0. The van der Waals surface area contributed by atoms with E-state index in [0.29, 0.717) is 6.04 Å². The summed E-state index contributed by atoms with van der Waals surface area (Å²) in [4.78, 5) is 15.4. The van der Waals surface area contributed by atoms with E-state index in [1.807, 2.05) is 42.6 Å². The van der Waals surface area contributed by atoms with Gasteiger partial charge in [-0.15, -0.1) is 0 Å². The molecule has 1 N–H and O–H groups in total. The largest absolute Gasteiger partial charge is 0.332 e. The number of carbonyl (C=O) groups is 1. The zero-order valence-corrected chi connectivity index (χ0v) is 15.0. The summed E-state index contributed by atoms with van der Waals surface area (Å²) >= 11 is 0. The summed E-state index contributed by atoms with van der Waals surface area (Å²) in [6.45, 7) is 0. The fourth-order valence-electron chi connectivity index (χ4n) is 4.01. The van der Waals surface area contributed by atoms with E-state index in [0.717, 1.165) is 48.9 Å². The number of aromatic nitrogens is 4. The van der Waals surface area contributed by atoms with Crippen LogP contribution in [0, 0.1) is 0 Å². The minimum absolute atomic E-state index is 0.139. The highest BCUT2D eigenvalue weighted by atomic mass is 16.2. The molecule has 5 rings (SSSR count). The molecule has 1 atom stereocenters. The molecule has 27 heavy (non-hydrogen) atoms. The normalized spacial score (nSPS) is 18.7. The maximum absolute atomic E-state index is 13.3. The number of aryl methyl sites for hydroxylation is 1. The van der Waals surface area contributed by atoms with Crippen molar-refractivity contribution in [3.8, 4) is 11.3 Å². The molecule has 1 amide bonds. The van der Waals surface area contributed by atoms with Crippen molar-refractivity contribution in [2.24, 2.45) is 0 Å². The molecule has 2 aliphatic carbocycles. The summed E-state index contributed by atoms with van der Waals surface area (Å²) < 4.78 is 0. The zero-order chi connectivity index (χ0) is 18.2. The molecule has 3 aromatic rings. The Balaban J connectivity index is 1.38. The van der Waals surface area contributed by atoms with E-state index >= 15 is 0 Å². The topological polar surface area (TPSA) is 74.8 Å². The highest BCUT2D eigenvalue weighted by Crippen LogP contribution is 2.34. The number of hydrogen-bond donors (Lipinski definition) is 1. The molecule has 6 heteroatoms. The summed E-state index contributed by atoms with van der Waals surface area (Å²) in [6.07, 6.45) is 8.64. The van der Waals surface area contributed by atoms with Crippen LogP contribution < -0.4 is 0 Å². The fraction of sp³-hybridized carbons (Fsp3) is 0.333. The minimum Gasteiger partial charge on any atom is -0.332 e. The Bertz CT molecular complexity index is 946. The van der Waals surface area contributed by atoms with E-state index in [-0.39, 0.29) is 11.9 Å². The molecule has 0 aliphatic heterocycles. The van der Waals surface area contributed by atoms with Crippen LogP contribution >= 0.6 is 0 Å². The van der Waals surface area contributed by atoms with Gasteiger partial charge in [-0.3, -0.25) is 9.89 Å². The Morgan fingerprint density at radius 3 is 2.67 bits per heavy atom. The molecule has 2 aliphatic rings. The Hall–Kier alpha value is -3.02. The third-order valence-electron chi connectivity index (χ3n) is 5.56. The number of nitrogens with one attached hydrogen (secondary N) is 1. The van der Waals surface area contributed by atoms with Crippen molar-refractivity contribution in [2.45, 2.75) is 44.2 Å². The summed E-state index contributed by atoms with van der Waals surface area (Å²) in [5.41, 5.74) is 5.01. The van der Waals surface area contributed by atoms with Gasteiger partial charge in [-0.2, -0.15) is 15.3 Å². The highest BCUT2D eigenvalue weighted by molar-refractivity contribution is 5.95. The van der Waals surface area contributed by atoms with Crippen LogP contribution in [0.3, 0.4) is 0 Å². The molecular weight excluding hydrogens is 338 g/mol. The van der Waals surface area contributed by atoms with E-state index in [2.05, 4.69) is 25.3 Å². The van der Waals surface area contributed by atoms with Crippen LogP contribution in [0.2, 0.25) is 0 Å². The van der Waals surface area contributed by atoms with Crippen molar-refractivity contribution < 1.29 is 4.79 Å². The Morgan fingerprint density at radius 1 is 1.07 bits per heavy atom. The molecule has 1 aromatic carbocycles. The number of nitrogens with zero attached hydrogens (tertiary/aromatic N) is 4. The average molecular weight is 359 g/mol. The first-order valence-corrected chi connectivity index (χ1v) is 9.51. The van der Waals surface area contributed by atoms with Crippen LogP contribution in [-0.4, -0.2) is 43.3 Å². The molecule has 136 valence electrons. The monoisotopic (exact) mass is 359 g/mol. The standard InChI is InChI=1S/C21H21N5O/c27-21(15-5-3-14(4-6-15)19-2-1-11-22-24-19)26(17-7-8-17)18-9-10-20-16(12-18)13-23-25-20/h1-6,11,13,17-18H,7-10,12H2,(H,23,25). The molecule has 1 saturated carbocycles. The second-order valence-corrected chi connectivity index (χ2v) is 7.40. The second kappa shape index (κ2) is 6.61. The molecule has 1 unspecified atom stereocenters. The number of carbonyl (C=O) groups excluding carboxylic acids is 1. The Labute approximate surface area is 157 Å². The van der Waals surface area contributed by atoms with E-state index in [1.165, 1.54) is 11.3 Å². The summed E-state index contributed by atoms with van der Waals surface area (Å²) in [5.74, 6) is 0.139. The molecule has 0 saturated heterocycles. The van der Waals surface area contributed by atoms with Gasteiger partial charge in [-0.1, -0.05) is 12.1 Å². The van der Waals surface area contributed by atoms with Crippen molar-refractivity contribution in [3.05, 3.63) is 65.6 Å². The van der Waals surface area contributed by atoms with Crippen molar-refractivity contribution in [2.75, 3.05) is 0 Å². The lowest BCUT2D eigenvalue weighted by Gasteiger charge is -2.34. The lowest BCUT2D eigenvalue weighted by Crippen LogP contribution is -2.44. The number of aromatic amines is 1. The molecule has 0 spiro atoms. The van der Waals surface area contributed by atoms with Gasteiger partial charge in [0.25, 0.3) is 5.91 Å². The molecule has 6 nitrogen and oxygen atoms in total. The van der Waals surface area contributed by atoms with Crippen LogP contribution in [0.5, 0.6) is 0 Å². The number of benzene rings is 1. The first-order chi connectivity index (χ1) is 13.3. The van der Waals surface area contributed by atoms with E-state index in [9.17, 15) is 4.79 Å². The first-order valence-electron chi connectivity index (χ1n) is 9.51. The van der Waals surface area contributed by atoms with Gasteiger partial charge in [-0.05, 0) is 61.9 Å². The smallest absolute Gasteiger partial charge is 0.254 e. The van der Waals surface area contributed by atoms with Gasteiger partial charge < -0.3 is 4.90 Å². The second-order valence-electron chi connectivity index (χ2n) is 7.40. The quantitative estimate of drug-likeness (QED) is 0.777. The van der Waals surface area contributed by atoms with Crippen molar-refractivity contribution in [1.82, 2.24) is 25.3 Å². The van der Waals surface area contributed by atoms with Gasteiger partial charge >= 0.3 is 0 Å². The lowest BCUT2D eigenvalue weighted by atomic mass is 9.91. The lowest BCUT2D eigenvalue weighted by molar-refractivity contribution is 0.0643. The SMILES string of the molecule is O=C(c1ccc(-c2cccnn2)cc1)N(C1CC1)C1CCc2[nH]ncc2C1. The molecule has 0 radical (unpaired) electrons. The van der Waals surface area contributed by atoms with Gasteiger partial charge in [0.1, 0.15) is 0 Å². The Morgan fingerprint density at radius 2 is 1.93 bits per heavy atom. The number of rotatable bonds is 4. The average Bonchev–Trinajstić information content (AvgIpc) is 3.44. The fourth-order valence-corrected chi connectivity index (χ4v) is 4.01. The molecule has 2 heterocycles. The Kier molecular flexibility index (Phi) is 3.96. The molecule has 0 bridgehead atoms. The van der Waals surface area contributed by atoms with Gasteiger partial charge in [0, 0.05) is 35.1 Å². The number of hydrogen-bond acceptors (Lipinski definition) is 4. The van der Waals surface area contributed by atoms with Crippen molar-refractivity contribution >= 4 is 5.91 Å². The van der Waals surface area contributed by atoms with Crippen LogP contribution in [0.4, 0.5) is 0 Å². The number of amides is 1. The maximum atomic E-state index is 13.3. The highest BCUT2D eigenvalue weighted by Gasteiger charge is 2.39. The summed E-state index contributed by atoms with van der Waals surface area (Å²) in [5, 5.41) is 15.3.